The molecule has 0 unspecified atom stereocenters. The Morgan fingerprint density at radius 1 is 0.958 bits per heavy atom. The van der Waals surface area contributed by atoms with Gasteiger partial charge in [0, 0.05) is 17.7 Å². The monoisotopic (exact) mass is 326 g/mol. The average molecular weight is 326 g/mol. The van der Waals surface area contributed by atoms with Crippen molar-refractivity contribution in [1.29, 1.82) is 0 Å². The van der Waals surface area contributed by atoms with Crippen molar-refractivity contribution < 1.29 is 19.0 Å². The Bertz CT molecular complexity index is 630. The zero-order valence-corrected chi connectivity index (χ0v) is 13.6. The zero-order valence-electron chi connectivity index (χ0n) is 13.6. The highest BCUT2D eigenvalue weighted by Crippen LogP contribution is 2.16. The standard InChI is InChI=1S/C20H22O4/c21-20(16-6-2-1-3-7-16)17-9-11-18(12-10-17)22-14-15-24-19-8-4-5-13-23-19/h1-3,6-7,9-12,19H,4-5,8,13-15H2/t19-/m1/s1. The molecular formula is C20H22O4. The summed E-state index contributed by atoms with van der Waals surface area (Å²) in [4.78, 5) is 12.3. The molecule has 1 aliphatic heterocycles. The van der Waals surface area contributed by atoms with Gasteiger partial charge in [0.15, 0.2) is 12.1 Å². The van der Waals surface area contributed by atoms with E-state index < -0.39 is 0 Å². The first kappa shape index (κ1) is 16.7. The van der Waals surface area contributed by atoms with Crippen LogP contribution in [0.4, 0.5) is 0 Å². The van der Waals surface area contributed by atoms with Gasteiger partial charge >= 0.3 is 0 Å². The van der Waals surface area contributed by atoms with Crippen LogP contribution in [-0.4, -0.2) is 31.9 Å². The van der Waals surface area contributed by atoms with Crippen LogP contribution in [0.15, 0.2) is 54.6 Å². The Morgan fingerprint density at radius 2 is 1.71 bits per heavy atom. The summed E-state index contributed by atoms with van der Waals surface area (Å²) < 4.78 is 16.8. The fourth-order valence-electron chi connectivity index (χ4n) is 2.64. The lowest BCUT2D eigenvalue weighted by atomic mass is 10.0. The number of ether oxygens (including phenoxy) is 3. The van der Waals surface area contributed by atoms with Crippen LogP contribution < -0.4 is 4.74 Å². The highest BCUT2D eigenvalue weighted by Gasteiger charge is 2.13. The van der Waals surface area contributed by atoms with Gasteiger partial charge in [0.25, 0.3) is 0 Å². The molecule has 1 heterocycles. The van der Waals surface area contributed by atoms with E-state index in [0.717, 1.165) is 31.6 Å². The van der Waals surface area contributed by atoms with Crippen LogP contribution in [-0.2, 0) is 9.47 Å². The summed E-state index contributed by atoms with van der Waals surface area (Å²) in [6, 6.07) is 16.5. The summed E-state index contributed by atoms with van der Waals surface area (Å²) in [6.07, 6.45) is 3.14. The number of carbonyl (C=O) groups excluding carboxylic acids is 1. The predicted molar refractivity (Wildman–Crippen MR) is 91.4 cm³/mol. The van der Waals surface area contributed by atoms with Crippen molar-refractivity contribution in [3.63, 3.8) is 0 Å². The van der Waals surface area contributed by atoms with Crippen molar-refractivity contribution in [3.8, 4) is 5.75 Å². The van der Waals surface area contributed by atoms with Gasteiger partial charge in [-0.2, -0.15) is 0 Å². The number of ketones is 1. The maximum Gasteiger partial charge on any atom is 0.193 e. The van der Waals surface area contributed by atoms with Gasteiger partial charge in [-0.25, -0.2) is 0 Å². The molecule has 1 fully saturated rings. The lowest BCUT2D eigenvalue weighted by molar-refractivity contribution is -0.165. The first-order valence-electron chi connectivity index (χ1n) is 8.39. The van der Waals surface area contributed by atoms with Gasteiger partial charge in [0.1, 0.15) is 12.4 Å². The van der Waals surface area contributed by atoms with E-state index in [1.165, 1.54) is 0 Å². The lowest BCUT2D eigenvalue weighted by Crippen LogP contribution is -2.24. The lowest BCUT2D eigenvalue weighted by Gasteiger charge is -2.22. The summed E-state index contributed by atoms with van der Waals surface area (Å²) >= 11 is 0. The van der Waals surface area contributed by atoms with E-state index in [2.05, 4.69) is 0 Å². The Labute approximate surface area is 142 Å². The quantitative estimate of drug-likeness (QED) is 0.573. The van der Waals surface area contributed by atoms with E-state index in [1.54, 1.807) is 12.1 Å². The molecule has 0 N–H and O–H groups in total. The van der Waals surface area contributed by atoms with Crippen molar-refractivity contribution in [2.45, 2.75) is 25.6 Å². The Hall–Kier alpha value is -2.17. The maximum atomic E-state index is 12.3. The number of hydrogen-bond donors (Lipinski definition) is 0. The molecule has 1 atom stereocenters. The van der Waals surface area contributed by atoms with Crippen LogP contribution >= 0.6 is 0 Å². The molecule has 0 saturated carbocycles. The van der Waals surface area contributed by atoms with E-state index in [0.29, 0.717) is 24.3 Å². The highest BCUT2D eigenvalue weighted by atomic mass is 16.7. The molecule has 3 rings (SSSR count). The van der Waals surface area contributed by atoms with Gasteiger partial charge in [-0.3, -0.25) is 4.79 Å². The van der Waals surface area contributed by atoms with E-state index >= 15 is 0 Å². The van der Waals surface area contributed by atoms with Crippen LogP contribution in [0.5, 0.6) is 5.75 Å². The third kappa shape index (κ3) is 4.66. The van der Waals surface area contributed by atoms with E-state index in [4.69, 9.17) is 14.2 Å². The fourth-order valence-corrected chi connectivity index (χ4v) is 2.64. The number of carbonyl (C=O) groups is 1. The summed E-state index contributed by atoms with van der Waals surface area (Å²) in [5.41, 5.74) is 1.34. The van der Waals surface area contributed by atoms with E-state index in [1.807, 2.05) is 42.5 Å². The highest BCUT2D eigenvalue weighted by molar-refractivity contribution is 6.08. The first-order valence-corrected chi connectivity index (χ1v) is 8.39. The fraction of sp³-hybridized carbons (Fsp3) is 0.350. The van der Waals surface area contributed by atoms with E-state index in [-0.39, 0.29) is 12.1 Å². The molecule has 0 aromatic heterocycles. The minimum atomic E-state index is -0.0896. The molecule has 0 radical (unpaired) electrons. The summed E-state index contributed by atoms with van der Waals surface area (Å²) in [6.45, 7) is 1.74. The smallest absolute Gasteiger partial charge is 0.193 e. The Morgan fingerprint density at radius 3 is 2.42 bits per heavy atom. The molecule has 0 spiro atoms. The third-order valence-corrected chi connectivity index (χ3v) is 3.95. The predicted octanol–water partition coefficient (Wildman–Crippen LogP) is 3.84. The third-order valence-electron chi connectivity index (χ3n) is 3.95. The molecule has 2 aromatic rings. The van der Waals surface area contributed by atoms with Crippen LogP contribution in [0.1, 0.15) is 35.2 Å². The molecule has 1 saturated heterocycles. The molecule has 4 heteroatoms. The van der Waals surface area contributed by atoms with Gasteiger partial charge in [0.05, 0.1) is 6.61 Å². The summed E-state index contributed by atoms with van der Waals surface area (Å²) in [5, 5.41) is 0. The molecule has 2 aromatic carbocycles. The number of benzene rings is 2. The second kappa shape index (κ2) is 8.62. The van der Waals surface area contributed by atoms with Crippen molar-refractivity contribution in [3.05, 3.63) is 65.7 Å². The molecule has 0 bridgehead atoms. The average Bonchev–Trinajstić information content (AvgIpc) is 2.67. The number of hydrogen-bond acceptors (Lipinski definition) is 4. The largest absolute Gasteiger partial charge is 0.491 e. The minimum absolute atomic E-state index is 0.0138. The van der Waals surface area contributed by atoms with Gasteiger partial charge in [-0.15, -0.1) is 0 Å². The summed E-state index contributed by atoms with van der Waals surface area (Å²) in [7, 11) is 0. The van der Waals surface area contributed by atoms with Crippen LogP contribution in [0.2, 0.25) is 0 Å². The molecule has 0 aliphatic carbocycles. The molecule has 24 heavy (non-hydrogen) atoms. The van der Waals surface area contributed by atoms with Gasteiger partial charge in [0.2, 0.25) is 0 Å². The van der Waals surface area contributed by atoms with Crippen LogP contribution in [0, 0.1) is 0 Å². The molecule has 126 valence electrons. The zero-order chi connectivity index (χ0) is 16.6. The molecule has 4 nitrogen and oxygen atoms in total. The van der Waals surface area contributed by atoms with Crippen molar-refractivity contribution in [2.75, 3.05) is 19.8 Å². The normalized spacial score (nSPS) is 17.4. The van der Waals surface area contributed by atoms with Crippen LogP contribution in [0.25, 0.3) is 0 Å². The van der Waals surface area contributed by atoms with Crippen molar-refractivity contribution in [1.82, 2.24) is 0 Å². The van der Waals surface area contributed by atoms with Gasteiger partial charge < -0.3 is 14.2 Å². The van der Waals surface area contributed by atoms with E-state index in [9.17, 15) is 4.79 Å². The van der Waals surface area contributed by atoms with Crippen molar-refractivity contribution >= 4 is 5.78 Å². The first-order chi connectivity index (χ1) is 11.8. The molecule has 1 aliphatic rings. The van der Waals surface area contributed by atoms with Crippen molar-refractivity contribution in [2.24, 2.45) is 0 Å². The SMILES string of the molecule is O=C(c1ccccc1)c1ccc(OCCO[C@@H]2CCCCO2)cc1. The summed E-state index contributed by atoms with van der Waals surface area (Å²) in [5.74, 6) is 0.743. The molecule has 0 amide bonds. The topological polar surface area (TPSA) is 44.8 Å². The minimum Gasteiger partial charge on any atom is -0.491 e. The number of rotatable bonds is 7. The van der Waals surface area contributed by atoms with Gasteiger partial charge in [-0.1, -0.05) is 30.3 Å². The maximum absolute atomic E-state index is 12.3. The Kier molecular flexibility index (Phi) is 5.99. The van der Waals surface area contributed by atoms with Gasteiger partial charge in [-0.05, 0) is 43.5 Å². The molecular weight excluding hydrogens is 304 g/mol. The Balaban J connectivity index is 1.45. The van der Waals surface area contributed by atoms with Crippen LogP contribution in [0.3, 0.4) is 0 Å². The second-order valence-corrected chi connectivity index (χ2v) is 5.73. The second-order valence-electron chi connectivity index (χ2n) is 5.73.